The number of fused-ring (bicyclic) bond motifs is 1. The topological polar surface area (TPSA) is 35.6 Å². The minimum atomic E-state index is 0.0540. The maximum Gasteiger partial charge on any atom is 0.239 e. The van der Waals surface area contributed by atoms with E-state index in [1.807, 2.05) is 0 Å². The Morgan fingerprint density at radius 1 is 1.00 bits per heavy atom. The average Bonchev–Trinajstić information content (AvgIpc) is 2.69. The Kier molecular flexibility index (Phi) is 4.99. The number of piperazine rings is 1. The molecule has 25 heavy (non-hydrogen) atoms. The van der Waals surface area contributed by atoms with Gasteiger partial charge in [0.1, 0.15) is 0 Å². The van der Waals surface area contributed by atoms with Crippen molar-refractivity contribution in [3.63, 3.8) is 0 Å². The molecule has 1 atom stereocenters. The molecule has 4 heteroatoms. The zero-order valence-electron chi connectivity index (χ0n) is 14.8. The Hall–Kier alpha value is -1.91. The first-order valence-corrected chi connectivity index (χ1v) is 9.52. The number of benzene rings is 2. The first-order valence-electron chi connectivity index (χ1n) is 9.52. The van der Waals surface area contributed by atoms with Gasteiger partial charge >= 0.3 is 0 Å². The van der Waals surface area contributed by atoms with Crippen LogP contribution < -0.4 is 5.32 Å². The van der Waals surface area contributed by atoms with E-state index in [4.69, 9.17) is 0 Å². The number of nitrogens with zero attached hydrogens (tertiary/aromatic N) is 2. The van der Waals surface area contributed by atoms with Crippen molar-refractivity contribution in [1.82, 2.24) is 15.1 Å². The summed E-state index contributed by atoms with van der Waals surface area (Å²) in [7, 11) is 0. The maximum atomic E-state index is 12.6. The third-order valence-corrected chi connectivity index (χ3v) is 5.57. The van der Waals surface area contributed by atoms with Crippen molar-refractivity contribution in [3.8, 4) is 0 Å². The van der Waals surface area contributed by atoms with Crippen LogP contribution in [0.1, 0.15) is 24.8 Å². The molecule has 0 bridgehead atoms. The monoisotopic (exact) mass is 337 g/mol. The van der Waals surface area contributed by atoms with Crippen LogP contribution in [0.3, 0.4) is 0 Å². The largest absolute Gasteiger partial charge is 0.339 e. The summed E-state index contributed by atoms with van der Waals surface area (Å²) < 4.78 is 0. The highest BCUT2D eigenvalue weighted by Crippen LogP contribution is 2.21. The van der Waals surface area contributed by atoms with Crippen molar-refractivity contribution in [3.05, 3.63) is 48.0 Å². The van der Waals surface area contributed by atoms with Gasteiger partial charge in [0, 0.05) is 32.7 Å². The number of carbonyl (C=O) groups is 1. The molecule has 2 aliphatic heterocycles. The Morgan fingerprint density at radius 3 is 2.60 bits per heavy atom. The van der Waals surface area contributed by atoms with Gasteiger partial charge in [-0.3, -0.25) is 9.69 Å². The van der Waals surface area contributed by atoms with Crippen LogP contribution in [0.4, 0.5) is 0 Å². The molecule has 2 aromatic carbocycles. The summed E-state index contributed by atoms with van der Waals surface area (Å²) in [4.78, 5) is 17.2. The predicted octanol–water partition coefficient (Wildman–Crippen LogP) is 2.63. The first kappa shape index (κ1) is 16.6. The third-order valence-electron chi connectivity index (χ3n) is 5.57. The van der Waals surface area contributed by atoms with Crippen LogP contribution in [0.15, 0.2) is 42.5 Å². The normalized spacial score (nSPS) is 22.2. The van der Waals surface area contributed by atoms with Gasteiger partial charge in [0.15, 0.2) is 0 Å². The molecule has 0 saturated carbocycles. The second kappa shape index (κ2) is 7.54. The molecule has 2 saturated heterocycles. The van der Waals surface area contributed by atoms with Crippen molar-refractivity contribution in [2.45, 2.75) is 31.8 Å². The van der Waals surface area contributed by atoms with E-state index >= 15 is 0 Å². The number of rotatable bonds is 3. The van der Waals surface area contributed by atoms with E-state index in [0.717, 1.165) is 45.7 Å². The van der Waals surface area contributed by atoms with E-state index in [1.165, 1.54) is 29.2 Å². The lowest BCUT2D eigenvalue weighted by molar-refractivity contribution is -0.135. The molecule has 4 nitrogen and oxygen atoms in total. The standard InChI is InChI=1S/C21H27N3O/c25-21(20-10-3-4-11-22-20)24-14-12-23(13-15-24)16-18-8-5-7-17-6-1-2-9-19(17)18/h1-2,5-9,20,22H,3-4,10-16H2. The van der Waals surface area contributed by atoms with Crippen LogP contribution in [0.2, 0.25) is 0 Å². The minimum Gasteiger partial charge on any atom is -0.339 e. The molecule has 1 amide bonds. The van der Waals surface area contributed by atoms with Gasteiger partial charge in [-0.15, -0.1) is 0 Å². The molecule has 0 aromatic heterocycles. The number of hydrogen-bond acceptors (Lipinski definition) is 3. The minimum absolute atomic E-state index is 0.0540. The summed E-state index contributed by atoms with van der Waals surface area (Å²) in [5.74, 6) is 0.310. The Morgan fingerprint density at radius 2 is 1.80 bits per heavy atom. The summed E-state index contributed by atoms with van der Waals surface area (Å²) >= 11 is 0. The van der Waals surface area contributed by atoms with E-state index in [0.29, 0.717) is 5.91 Å². The molecule has 0 aliphatic carbocycles. The van der Waals surface area contributed by atoms with Crippen LogP contribution in [0.5, 0.6) is 0 Å². The molecule has 1 unspecified atom stereocenters. The van der Waals surface area contributed by atoms with Crippen LogP contribution in [-0.4, -0.2) is 54.5 Å². The second-order valence-corrected chi connectivity index (χ2v) is 7.24. The highest BCUT2D eigenvalue weighted by molar-refractivity contribution is 5.85. The van der Waals surface area contributed by atoms with Gasteiger partial charge < -0.3 is 10.2 Å². The lowest BCUT2D eigenvalue weighted by Crippen LogP contribution is -2.54. The molecular formula is C21H27N3O. The number of nitrogens with one attached hydrogen (secondary N) is 1. The first-order chi connectivity index (χ1) is 12.3. The lowest BCUT2D eigenvalue weighted by Gasteiger charge is -2.37. The van der Waals surface area contributed by atoms with Crippen molar-refractivity contribution < 1.29 is 4.79 Å². The maximum absolute atomic E-state index is 12.6. The molecule has 0 spiro atoms. The van der Waals surface area contributed by atoms with Crippen molar-refractivity contribution >= 4 is 16.7 Å². The van der Waals surface area contributed by atoms with Crippen molar-refractivity contribution in [1.29, 1.82) is 0 Å². The summed E-state index contributed by atoms with van der Waals surface area (Å²) in [6.07, 6.45) is 3.36. The van der Waals surface area contributed by atoms with E-state index < -0.39 is 0 Å². The zero-order chi connectivity index (χ0) is 17.1. The molecule has 4 rings (SSSR count). The molecule has 2 fully saturated rings. The van der Waals surface area contributed by atoms with Crippen molar-refractivity contribution in [2.75, 3.05) is 32.7 Å². The fourth-order valence-electron chi connectivity index (χ4n) is 4.08. The van der Waals surface area contributed by atoms with E-state index in [2.05, 4.69) is 57.6 Å². The van der Waals surface area contributed by atoms with Gasteiger partial charge in [0.2, 0.25) is 5.91 Å². The summed E-state index contributed by atoms with van der Waals surface area (Å²) in [6, 6.07) is 15.2. The molecule has 0 radical (unpaired) electrons. The fraction of sp³-hybridized carbons (Fsp3) is 0.476. The van der Waals surface area contributed by atoms with Gasteiger partial charge in [0.05, 0.1) is 6.04 Å². The molecule has 132 valence electrons. The van der Waals surface area contributed by atoms with Crippen LogP contribution in [-0.2, 0) is 11.3 Å². The van der Waals surface area contributed by atoms with Gasteiger partial charge in [-0.2, -0.15) is 0 Å². The van der Waals surface area contributed by atoms with Crippen LogP contribution in [0, 0.1) is 0 Å². The average molecular weight is 337 g/mol. The Bertz CT molecular complexity index is 726. The summed E-state index contributed by atoms with van der Waals surface area (Å²) in [5, 5.41) is 6.03. The molecule has 1 N–H and O–H groups in total. The number of piperidine rings is 1. The fourth-order valence-corrected chi connectivity index (χ4v) is 4.08. The molecule has 2 aromatic rings. The van der Waals surface area contributed by atoms with Gasteiger partial charge in [-0.05, 0) is 35.7 Å². The highest BCUT2D eigenvalue weighted by atomic mass is 16.2. The highest BCUT2D eigenvalue weighted by Gasteiger charge is 2.28. The number of carbonyl (C=O) groups excluding carboxylic acids is 1. The third kappa shape index (κ3) is 3.70. The SMILES string of the molecule is O=C(C1CCCCN1)N1CCN(Cc2cccc3ccccc23)CC1. The molecular weight excluding hydrogens is 310 g/mol. The quantitative estimate of drug-likeness (QED) is 0.935. The second-order valence-electron chi connectivity index (χ2n) is 7.24. The number of hydrogen-bond donors (Lipinski definition) is 1. The summed E-state index contributed by atoms with van der Waals surface area (Å²) in [5.41, 5.74) is 1.38. The Balaban J connectivity index is 1.36. The number of amides is 1. The van der Waals surface area contributed by atoms with E-state index in [-0.39, 0.29) is 6.04 Å². The summed E-state index contributed by atoms with van der Waals surface area (Å²) in [6.45, 7) is 5.56. The van der Waals surface area contributed by atoms with Crippen LogP contribution >= 0.6 is 0 Å². The van der Waals surface area contributed by atoms with Gasteiger partial charge in [-0.1, -0.05) is 48.9 Å². The van der Waals surface area contributed by atoms with Gasteiger partial charge in [0.25, 0.3) is 0 Å². The van der Waals surface area contributed by atoms with Gasteiger partial charge in [-0.25, -0.2) is 0 Å². The van der Waals surface area contributed by atoms with E-state index in [9.17, 15) is 4.79 Å². The smallest absolute Gasteiger partial charge is 0.239 e. The van der Waals surface area contributed by atoms with Crippen molar-refractivity contribution in [2.24, 2.45) is 0 Å². The Labute approximate surface area is 149 Å². The molecule has 2 heterocycles. The zero-order valence-corrected chi connectivity index (χ0v) is 14.8. The van der Waals surface area contributed by atoms with Crippen LogP contribution in [0.25, 0.3) is 10.8 Å². The predicted molar refractivity (Wildman–Crippen MR) is 101 cm³/mol. The molecule has 2 aliphatic rings. The lowest BCUT2D eigenvalue weighted by atomic mass is 10.0. The van der Waals surface area contributed by atoms with E-state index in [1.54, 1.807) is 0 Å².